The number of aliphatic carboxylic acids is 1. The first-order chi connectivity index (χ1) is 9.42. The largest absolute Gasteiger partial charge is 0.479 e. The molecule has 1 aliphatic rings. The van der Waals surface area contributed by atoms with Crippen LogP contribution in [-0.2, 0) is 15.1 Å². The van der Waals surface area contributed by atoms with Crippen molar-refractivity contribution in [1.82, 2.24) is 9.78 Å². The molecule has 0 atom stereocenters. The minimum Gasteiger partial charge on any atom is -0.479 e. The van der Waals surface area contributed by atoms with E-state index in [1.807, 2.05) is 0 Å². The number of carboxylic acid groups (broad SMARTS) is 1. The average molecular weight is 293 g/mol. The number of aromatic nitrogens is 2. The topological polar surface area (TPSA) is 84.2 Å². The number of hydrogen-bond acceptors (Lipinski definition) is 3. The molecule has 0 saturated heterocycles. The maximum atomic E-state index is 12.3. The van der Waals surface area contributed by atoms with E-state index in [0.717, 1.165) is 0 Å². The predicted octanol–water partition coefficient (Wildman–Crippen LogP) is 2.32. The summed E-state index contributed by atoms with van der Waals surface area (Å²) in [5.74, 6) is -1.08. The molecule has 2 rings (SSSR count). The summed E-state index contributed by atoms with van der Waals surface area (Å²) >= 11 is 0. The first-order valence-corrected chi connectivity index (χ1v) is 7.02. The van der Waals surface area contributed by atoms with Crippen molar-refractivity contribution in [3.8, 4) is 0 Å². The fourth-order valence-corrected chi connectivity index (χ4v) is 2.86. The van der Waals surface area contributed by atoms with Crippen molar-refractivity contribution < 1.29 is 14.7 Å². The highest BCUT2D eigenvalue weighted by atomic mass is 16.4. The highest BCUT2D eigenvalue weighted by Crippen LogP contribution is 2.68. The predicted molar refractivity (Wildman–Crippen MR) is 78.9 cm³/mol. The van der Waals surface area contributed by atoms with Crippen molar-refractivity contribution in [2.24, 2.45) is 16.7 Å². The Morgan fingerprint density at radius 3 is 2.24 bits per heavy atom. The van der Waals surface area contributed by atoms with Gasteiger partial charge in [-0.05, 0) is 24.7 Å². The van der Waals surface area contributed by atoms with E-state index in [1.54, 1.807) is 20.0 Å². The molecule has 116 valence electrons. The number of anilines is 1. The second-order valence-corrected chi connectivity index (χ2v) is 7.40. The lowest BCUT2D eigenvalue weighted by Crippen LogP contribution is -2.35. The molecule has 0 spiro atoms. The van der Waals surface area contributed by atoms with Gasteiger partial charge in [0.15, 0.2) is 5.54 Å². The molecule has 1 heterocycles. The van der Waals surface area contributed by atoms with Crippen LogP contribution in [0.15, 0.2) is 12.4 Å². The van der Waals surface area contributed by atoms with Crippen molar-refractivity contribution in [3.05, 3.63) is 12.4 Å². The molecule has 6 nitrogen and oxygen atoms in total. The van der Waals surface area contributed by atoms with Crippen LogP contribution in [0.5, 0.6) is 0 Å². The normalized spacial score (nSPS) is 20.1. The summed E-state index contributed by atoms with van der Waals surface area (Å²) in [6, 6.07) is 0. The summed E-state index contributed by atoms with van der Waals surface area (Å²) in [6.45, 7) is 11.4. The zero-order valence-corrected chi connectivity index (χ0v) is 13.4. The zero-order valence-electron chi connectivity index (χ0n) is 13.4. The van der Waals surface area contributed by atoms with Crippen LogP contribution in [0.4, 0.5) is 5.69 Å². The van der Waals surface area contributed by atoms with Gasteiger partial charge in [0, 0.05) is 12.1 Å². The van der Waals surface area contributed by atoms with E-state index in [-0.39, 0.29) is 22.7 Å². The van der Waals surface area contributed by atoms with Gasteiger partial charge >= 0.3 is 5.97 Å². The molecular weight excluding hydrogens is 270 g/mol. The smallest absolute Gasteiger partial charge is 0.331 e. The second kappa shape index (κ2) is 4.32. The van der Waals surface area contributed by atoms with E-state index in [0.29, 0.717) is 5.69 Å². The van der Waals surface area contributed by atoms with Crippen LogP contribution in [0.3, 0.4) is 0 Å². The quantitative estimate of drug-likeness (QED) is 0.892. The third-order valence-corrected chi connectivity index (χ3v) is 5.23. The van der Waals surface area contributed by atoms with E-state index in [1.165, 1.54) is 10.9 Å². The molecule has 2 N–H and O–H groups in total. The summed E-state index contributed by atoms with van der Waals surface area (Å²) in [7, 11) is 0. The van der Waals surface area contributed by atoms with Crippen molar-refractivity contribution in [1.29, 1.82) is 0 Å². The number of nitrogens with one attached hydrogen (secondary N) is 1. The number of carbonyl (C=O) groups is 2. The lowest BCUT2D eigenvalue weighted by molar-refractivity contribution is -0.146. The molecule has 6 heteroatoms. The Morgan fingerprint density at radius 2 is 1.81 bits per heavy atom. The Labute approximate surface area is 124 Å². The van der Waals surface area contributed by atoms with E-state index in [9.17, 15) is 14.7 Å². The van der Waals surface area contributed by atoms with Crippen LogP contribution in [0.1, 0.15) is 41.5 Å². The second-order valence-electron chi connectivity index (χ2n) is 7.40. The molecule has 1 saturated carbocycles. The van der Waals surface area contributed by atoms with Crippen LogP contribution in [0.2, 0.25) is 0 Å². The molecule has 0 radical (unpaired) electrons. The summed E-state index contributed by atoms with van der Waals surface area (Å²) < 4.78 is 1.34. The lowest BCUT2D eigenvalue weighted by atomic mass is 10.0. The maximum Gasteiger partial charge on any atom is 0.331 e. The fourth-order valence-electron chi connectivity index (χ4n) is 2.86. The van der Waals surface area contributed by atoms with Gasteiger partial charge in [-0.1, -0.05) is 27.7 Å². The van der Waals surface area contributed by atoms with Crippen LogP contribution in [-0.4, -0.2) is 26.8 Å². The first-order valence-electron chi connectivity index (χ1n) is 7.02. The minimum absolute atomic E-state index is 0.0343. The minimum atomic E-state index is -1.15. The molecule has 0 aromatic carbocycles. The Morgan fingerprint density at radius 1 is 1.29 bits per heavy atom. The molecule has 21 heavy (non-hydrogen) atoms. The standard InChI is InChI=1S/C15H23N3O3/c1-13(2)10(14(13,3)4)11(19)17-9-7-16-18(8-9)15(5,6)12(20)21/h7-8,10H,1-6H3,(H,17,19)(H,20,21). The molecule has 1 fully saturated rings. The summed E-state index contributed by atoms with van der Waals surface area (Å²) in [4.78, 5) is 23.5. The average Bonchev–Trinajstić information content (AvgIpc) is 2.68. The lowest BCUT2D eigenvalue weighted by Gasteiger charge is -2.19. The summed E-state index contributed by atoms with van der Waals surface area (Å²) in [5, 5.41) is 16.0. The van der Waals surface area contributed by atoms with Crippen LogP contribution < -0.4 is 5.32 Å². The number of rotatable bonds is 4. The number of carboxylic acids is 1. The zero-order chi connectivity index (χ0) is 16.2. The maximum absolute atomic E-state index is 12.3. The monoisotopic (exact) mass is 293 g/mol. The molecule has 1 amide bonds. The van der Waals surface area contributed by atoms with Crippen LogP contribution >= 0.6 is 0 Å². The Balaban J connectivity index is 2.11. The van der Waals surface area contributed by atoms with Crippen molar-refractivity contribution >= 4 is 17.6 Å². The van der Waals surface area contributed by atoms with E-state index >= 15 is 0 Å². The van der Waals surface area contributed by atoms with Gasteiger partial charge in [0.2, 0.25) is 5.91 Å². The molecule has 1 aliphatic carbocycles. The van der Waals surface area contributed by atoms with Gasteiger partial charge in [0.25, 0.3) is 0 Å². The highest BCUT2D eigenvalue weighted by Gasteiger charge is 2.68. The molecule has 0 unspecified atom stereocenters. The number of carbonyl (C=O) groups excluding carboxylic acids is 1. The van der Waals surface area contributed by atoms with Crippen LogP contribution in [0, 0.1) is 16.7 Å². The first kappa shape index (κ1) is 15.5. The van der Waals surface area contributed by atoms with Crippen molar-refractivity contribution in [3.63, 3.8) is 0 Å². The van der Waals surface area contributed by atoms with Gasteiger partial charge in [-0.2, -0.15) is 5.10 Å². The van der Waals surface area contributed by atoms with Crippen LogP contribution in [0.25, 0.3) is 0 Å². The van der Waals surface area contributed by atoms with Gasteiger partial charge in [0.1, 0.15) is 0 Å². The molecule has 0 aliphatic heterocycles. The van der Waals surface area contributed by atoms with E-state index in [4.69, 9.17) is 0 Å². The van der Waals surface area contributed by atoms with Gasteiger partial charge in [0.05, 0.1) is 11.9 Å². The Bertz CT molecular complexity index is 585. The SMILES string of the molecule is CC(C)(C(=O)O)n1cc(NC(=O)C2C(C)(C)C2(C)C)cn1. The molecular formula is C15H23N3O3. The van der Waals surface area contributed by atoms with Gasteiger partial charge in [-0.3, -0.25) is 9.48 Å². The van der Waals surface area contributed by atoms with E-state index in [2.05, 4.69) is 38.1 Å². The Hall–Kier alpha value is -1.85. The fraction of sp³-hybridized carbons (Fsp3) is 0.667. The molecule has 1 aromatic heterocycles. The van der Waals surface area contributed by atoms with Crippen molar-refractivity contribution in [2.75, 3.05) is 5.32 Å². The van der Waals surface area contributed by atoms with Gasteiger partial charge < -0.3 is 10.4 Å². The summed E-state index contributed by atoms with van der Waals surface area (Å²) in [5.41, 5.74) is -0.699. The molecule has 1 aromatic rings. The summed E-state index contributed by atoms with van der Waals surface area (Å²) in [6.07, 6.45) is 3.03. The third kappa shape index (κ3) is 2.22. The Kier molecular flexibility index (Phi) is 3.20. The van der Waals surface area contributed by atoms with Gasteiger partial charge in [-0.25, -0.2) is 4.79 Å². The highest BCUT2D eigenvalue weighted by molar-refractivity contribution is 5.95. The van der Waals surface area contributed by atoms with Crippen molar-refractivity contribution in [2.45, 2.75) is 47.1 Å². The number of nitrogens with zero attached hydrogens (tertiary/aromatic N) is 2. The van der Waals surface area contributed by atoms with Gasteiger partial charge in [-0.15, -0.1) is 0 Å². The third-order valence-electron chi connectivity index (χ3n) is 5.23. The number of amides is 1. The van der Waals surface area contributed by atoms with E-state index < -0.39 is 11.5 Å². The molecule has 0 bridgehead atoms. The number of hydrogen-bond donors (Lipinski definition) is 2.